The Morgan fingerprint density at radius 3 is 2.67 bits per heavy atom. The Hall–Kier alpha value is -1.79. The molecule has 0 atom stereocenters. The van der Waals surface area contributed by atoms with Crippen molar-refractivity contribution in [1.82, 2.24) is 9.38 Å². The summed E-state index contributed by atoms with van der Waals surface area (Å²) in [6, 6.07) is 8.17. The molecule has 0 unspecified atom stereocenters. The van der Waals surface area contributed by atoms with Gasteiger partial charge in [0, 0.05) is 16.2 Å². The summed E-state index contributed by atoms with van der Waals surface area (Å²) in [4.78, 5) is 17.5. The van der Waals surface area contributed by atoms with Gasteiger partial charge in [-0.1, -0.05) is 12.1 Å². The summed E-state index contributed by atoms with van der Waals surface area (Å²) in [5.41, 5.74) is 3.92. The van der Waals surface area contributed by atoms with Crippen molar-refractivity contribution in [2.75, 3.05) is 0 Å². The molecule has 3 nitrogen and oxygen atoms in total. The zero-order valence-electron chi connectivity index (χ0n) is 12.4. The molecule has 0 N–H and O–H groups in total. The van der Waals surface area contributed by atoms with Gasteiger partial charge in [-0.15, -0.1) is 0 Å². The van der Waals surface area contributed by atoms with Crippen molar-refractivity contribution in [3.8, 4) is 0 Å². The average molecular weight is 450 g/mol. The molecule has 0 radical (unpaired) electrons. The molecular weight excluding hydrogens is 439 g/mol. The molecule has 0 bridgehead atoms. The fraction of sp³-hybridized carbons (Fsp3) is 0.111. The quantitative estimate of drug-likeness (QED) is 0.532. The third-order valence-electron chi connectivity index (χ3n) is 4.10. The first-order valence-corrected chi connectivity index (χ1v) is 8.98. The average Bonchev–Trinajstić information content (AvgIpc) is 2.94. The maximum atomic E-state index is 13.1. The Morgan fingerprint density at radius 2 is 1.92 bits per heavy atom. The van der Waals surface area contributed by atoms with Gasteiger partial charge in [0.15, 0.2) is 5.65 Å². The maximum Gasteiger partial charge on any atom is 0.261 e. The van der Waals surface area contributed by atoms with E-state index in [0.717, 1.165) is 37.8 Å². The van der Waals surface area contributed by atoms with Crippen molar-refractivity contribution in [1.29, 1.82) is 0 Å². The van der Waals surface area contributed by atoms with Crippen LogP contribution in [0.3, 0.4) is 0 Å². The highest BCUT2D eigenvalue weighted by Gasteiger charge is 2.23. The lowest BCUT2D eigenvalue weighted by Gasteiger charge is -2.07. The Balaban J connectivity index is 1.92. The molecule has 120 valence electrons. The number of hydrogen-bond acceptors (Lipinski definition) is 2. The Morgan fingerprint density at radius 1 is 1.17 bits per heavy atom. The lowest BCUT2D eigenvalue weighted by atomic mass is 10.1. The molecule has 0 amide bonds. The highest BCUT2D eigenvalue weighted by molar-refractivity contribution is 9.11. The fourth-order valence-electron chi connectivity index (χ4n) is 2.97. The molecule has 0 saturated heterocycles. The summed E-state index contributed by atoms with van der Waals surface area (Å²) in [5.74, 6) is -0.263. The van der Waals surface area contributed by atoms with E-state index in [-0.39, 0.29) is 11.4 Å². The van der Waals surface area contributed by atoms with Crippen LogP contribution < -0.4 is 5.56 Å². The minimum absolute atomic E-state index is 0.0421. The van der Waals surface area contributed by atoms with Crippen LogP contribution in [0.15, 0.2) is 50.3 Å². The van der Waals surface area contributed by atoms with Gasteiger partial charge >= 0.3 is 0 Å². The zero-order valence-corrected chi connectivity index (χ0v) is 15.6. The van der Waals surface area contributed by atoms with Crippen LogP contribution in [0.25, 0.3) is 17.3 Å². The predicted octanol–water partition coefficient (Wildman–Crippen LogP) is 4.85. The first-order valence-electron chi connectivity index (χ1n) is 7.40. The van der Waals surface area contributed by atoms with Gasteiger partial charge in [-0.05, 0) is 80.1 Å². The summed E-state index contributed by atoms with van der Waals surface area (Å²) in [6.07, 6.45) is 5.13. The van der Waals surface area contributed by atoms with E-state index in [9.17, 15) is 9.18 Å². The minimum Gasteiger partial charge on any atom is -0.269 e. The van der Waals surface area contributed by atoms with E-state index in [1.54, 1.807) is 22.7 Å². The van der Waals surface area contributed by atoms with E-state index in [0.29, 0.717) is 12.1 Å². The van der Waals surface area contributed by atoms with Crippen LogP contribution in [0.1, 0.15) is 23.2 Å². The van der Waals surface area contributed by atoms with Crippen molar-refractivity contribution in [3.05, 3.63) is 78.5 Å². The SMILES string of the molecule is O=c1c2c(nc3c(Br)cc(Br)cn13)/C(=C\c1ccc(F)cc1)CC2. The third kappa shape index (κ3) is 2.63. The molecule has 24 heavy (non-hydrogen) atoms. The number of halogens is 3. The molecule has 1 aliphatic rings. The molecule has 0 saturated carbocycles. The third-order valence-corrected chi connectivity index (χ3v) is 5.12. The van der Waals surface area contributed by atoms with Gasteiger partial charge < -0.3 is 0 Å². The molecule has 2 heterocycles. The lowest BCUT2D eigenvalue weighted by molar-refractivity contribution is 0.628. The first kappa shape index (κ1) is 15.7. The minimum atomic E-state index is -0.263. The van der Waals surface area contributed by atoms with E-state index in [4.69, 9.17) is 4.98 Å². The number of hydrogen-bond donors (Lipinski definition) is 0. The van der Waals surface area contributed by atoms with Gasteiger partial charge in [-0.3, -0.25) is 9.20 Å². The van der Waals surface area contributed by atoms with Crippen LogP contribution in [0, 0.1) is 5.82 Å². The highest BCUT2D eigenvalue weighted by Crippen LogP contribution is 2.32. The van der Waals surface area contributed by atoms with Crippen LogP contribution in [0.2, 0.25) is 0 Å². The standard InChI is InChI=1S/C18H11Br2FN2O/c19-12-8-15(20)17-22-16-11(7-10-1-4-13(21)5-2-10)3-6-14(16)18(24)23(17)9-12/h1-2,4-5,7-9H,3,6H2/b11-7-. The van der Waals surface area contributed by atoms with Crippen molar-refractivity contribution in [2.24, 2.45) is 0 Å². The van der Waals surface area contributed by atoms with Crippen molar-refractivity contribution < 1.29 is 4.39 Å². The largest absolute Gasteiger partial charge is 0.269 e. The van der Waals surface area contributed by atoms with E-state index < -0.39 is 0 Å². The second kappa shape index (κ2) is 5.93. The summed E-state index contributed by atoms with van der Waals surface area (Å²) in [7, 11) is 0. The normalized spacial score (nSPS) is 15.2. The fourth-order valence-corrected chi connectivity index (χ4v) is 4.24. The number of allylic oxidation sites excluding steroid dienone is 1. The highest BCUT2D eigenvalue weighted by atomic mass is 79.9. The number of benzene rings is 1. The van der Waals surface area contributed by atoms with Crippen molar-refractivity contribution >= 4 is 49.2 Å². The van der Waals surface area contributed by atoms with Gasteiger partial charge in [0.05, 0.1) is 10.2 Å². The van der Waals surface area contributed by atoms with Crippen LogP contribution >= 0.6 is 31.9 Å². The van der Waals surface area contributed by atoms with Gasteiger partial charge in [0.1, 0.15) is 5.82 Å². The number of aromatic nitrogens is 2. The van der Waals surface area contributed by atoms with Gasteiger partial charge in [0.25, 0.3) is 5.56 Å². The van der Waals surface area contributed by atoms with E-state index in [1.165, 1.54) is 12.1 Å². The molecule has 1 aliphatic carbocycles. The molecule has 3 aromatic rings. The molecule has 4 rings (SSSR count). The zero-order chi connectivity index (χ0) is 16.8. The molecule has 0 spiro atoms. The molecule has 6 heteroatoms. The summed E-state index contributed by atoms with van der Waals surface area (Å²) < 4.78 is 16.2. The van der Waals surface area contributed by atoms with Gasteiger partial charge in [-0.25, -0.2) is 9.37 Å². The van der Waals surface area contributed by atoms with Crippen LogP contribution in [0.4, 0.5) is 4.39 Å². The molecular formula is C18H11Br2FN2O. The Kier molecular flexibility index (Phi) is 3.89. The summed E-state index contributed by atoms with van der Waals surface area (Å²) in [5, 5.41) is 0. The smallest absolute Gasteiger partial charge is 0.261 e. The molecule has 0 fully saturated rings. The Labute approximate surface area is 154 Å². The van der Waals surface area contributed by atoms with Gasteiger partial charge in [0.2, 0.25) is 0 Å². The number of pyridine rings is 1. The maximum absolute atomic E-state index is 13.1. The molecule has 0 aliphatic heterocycles. The molecule has 2 aromatic heterocycles. The second-order valence-electron chi connectivity index (χ2n) is 5.67. The van der Waals surface area contributed by atoms with Crippen LogP contribution in [0.5, 0.6) is 0 Å². The lowest BCUT2D eigenvalue weighted by Crippen LogP contribution is -2.20. The van der Waals surface area contributed by atoms with Crippen molar-refractivity contribution in [2.45, 2.75) is 12.8 Å². The van der Waals surface area contributed by atoms with Crippen LogP contribution in [-0.2, 0) is 6.42 Å². The Bertz CT molecular complexity index is 1060. The first-order chi connectivity index (χ1) is 11.5. The molecule has 1 aromatic carbocycles. The monoisotopic (exact) mass is 448 g/mol. The van der Waals surface area contributed by atoms with E-state index >= 15 is 0 Å². The van der Waals surface area contributed by atoms with Crippen molar-refractivity contribution in [3.63, 3.8) is 0 Å². The number of rotatable bonds is 1. The topological polar surface area (TPSA) is 34.4 Å². The summed E-state index contributed by atoms with van der Waals surface area (Å²) in [6.45, 7) is 0. The van der Waals surface area contributed by atoms with E-state index in [2.05, 4.69) is 31.9 Å². The number of nitrogens with zero attached hydrogens (tertiary/aromatic N) is 2. The predicted molar refractivity (Wildman–Crippen MR) is 99.5 cm³/mol. The number of fused-ring (bicyclic) bond motifs is 2. The summed E-state index contributed by atoms with van der Waals surface area (Å²) >= 11 is 6.87. The van der Waals surface area contributed by atoms with Gasteiger partial charge in [-0.2, -0.15) is 0 Å². The van der Waals surface area contributed by atoms with E-state index in [1.807, 2.05) is 12.1 Å². The second-order valence-corrected chi connectivity index (χ2v) is 7.44. The van der Waals surface area contributed by atoms with Crippen LogP contribution in [-0.4, -0.2) is 9.38 Å².